The van der Waals surface area contributed by atoms with Gasteiger partial charge in [-0.25, -0.2) is 13.2 Å². The number of rotatable bonds is 6. The molecule has 3 aromatic rings. The van der Waals surface area contributed by atoms with Crippen molar-refractivity contribution >= 4 is 104 Å². The summed E-state index contributed by atoms with van der Waals surface area (Å²) in [7, 11) is 0. The molecule has 1 fully saturated rings. The minimum Gasteiger partial charge on any atom is -0.326 e. The predicted octanol–water partition coefficient (Wildman–Crippen LogP) is 9.00. The summed E-state index contributed by atoms with van der Waals surface area (Å²) < 4.78 is 79.4. The molecule has 0 radical (unpaired) electrons. The lowest BCUT2D eigenvalue weighted by Crippen LogP contribution is -2.31. The van der Waals surface area contributed by atoms with Crippen molar-refractivity contribution < 1.29 is 40.7 Å². The molecule has 6 nitrogen and oxygen atoms in total. The molecule has 4 rings (SSSR count). The van der Waals surface area contributed by atoms with Crippen LogP contribution < -0.4 is 16.0 Å². The zero-order valence-electron chi connectivity index (χ0n) is 20.4. The third-order valence-electron chi connectivity index (χ3n) is 6.08. The molecule has 1 aliphatic rings. The van der Waals surface area contributed by atoms with Crippen LogP contribution in [-0.4, -0.2) is 28.2 Å². The van der Waals surface area contributed by atoms with Crippen molar-refractivity contribution in [2.24, 2.45) is 5.92 Å². The van der Waals surface area contributed by atoms with Crippen LogP contribution in [-0.2, 0) is 9.59 Å². The molecule has 0 aliphatic heterocycles. The summed E-state index contributed by atoms with van der Waals surface area (Å²) >= 11 is 36.5. The van der Waals surface area contributed by atoms with Gasteiger partial charge >= 0.3 is 12.1 Å². The van der Waals surface area contributed by atoms with E-state index in [1.807, 2.05) is 5.32 Å². The van der Waals surface area contributed by atoms with Gasteiger partial charge in [-0.3, -0.25) is 14.4 Å². The number of carbonyl (C=O) groups is 3. The van der Waals surface area contributed by atoms with Crippen molar-refractivity contribution in [3.63, 3.8) is 0 Å². The molecule has 0 heterocycles. The van der Waals surface area contributed by atoms with Gasteiger partial charge in [0.25, 0.3) is 5.91 Å². The maximum absolute atomic E-state index is 14.8. The highest BCUT2D eigenvalue weighted by Gasteiger charge is 2.67. The van der Waals surface area contributed by atoms with Gasteiger partial charge in [0, 0.05) is 11.6 Å². The summed E-state index contributed by atoms with van der Waals surface area (Å²) in [4.78, 5) is 37.0. The predicted molar refractivity (Wildman–Crippen MR) is 151 cm³/mol. The number of amides is 3. The molecule has 3 amide bonds. The third-order valence-corrected chi connectivity index (χ3v) is 8.60. The van der Waals surface area contributed by atoms with Gasteiger partial charge in [-0.15, -0.1) is 23.2 Å². The first-order valence-electron chi connectivity index (χ1n) is 11.3. The standard InChI is InChI=1S/C25H11Cl6F6N3O3/c26-10-3-7(4-11(27)18(10)29)15-16(24(15,30)31)22(42)38-8-5-9(17(28)13(33)6-8)21(41)39-14-2-1-12(32)20(19(14)34)40-23(43)25(35,36)37/h1-6,15-16H,(H,38,42)(H,39,41)(H,40,43)/t15-,16+/m0/s1. The maximum atomic E-state index is 14.8. The molecule has 1 saturated carbocycles. The number of carbonyl (C=O) groups excluding carboxylic acids is 3. The average Bonchev–Trinajstić information content (AvgIpc) is 3.49. The van der Waals surface area contributed by atoms with Crippen LogP contribution in [0, 0.1) is 23.4 Å². The lowest BCUT2D eigenvalue weighted by molar-refractivity contribution is -0.167. The first kappa shape index (κ1) is 33.3. The van der Waals surface area contributed by atoms with Crippen molar-refractivity contribution in [2.45, 2.75) is 16.4 Å². The van der Waals surface area contributed by atoms with E-state index in [9.17, 15) is 40.7 Å². The molecule has 0 aromatic heterocycles. The van der Waals surface area contributed by atoms with Gasteiger partial charge in [0.2, 0.25) is 5.91 Å². The van der Waals surface area contributed by atoms with Crippen molar-refractivity contribution in [2.75, 3.05) is 16.0 Å². The number of halogens is 12. The summed E-state index contributed by atoms with van der Waals surface area (Å²) in [6, 6.07) is 5.55. The monoisotopic (exact) mass is 725 g/mol. The molecule has 0 saturated heterocycles. The van der Waals surface area contributed by atoms with E-state index >= 15 is 0 Å². The topological polar surface area (TPSA) is 87.3 Å². The zero-order chi connectivity index (χ0) is 32.2. The molecule has 3 aromatic carbocycles. The molecular formula is C25H11Cl6F6N3O3. The number of hydrogen-bond acceptors (Lipinski definition) is 3. The van der Waals surface area contributed by atoms with Gasteiger partial charge < -0.3 is 16.0 Å². The maximum Gasteiger partial charge on any atom is 0.471 e. The zero-order valence-corrected chi connectivity index (χ0v) is 24.9. The van der Waals surface area contributed by atoms with Crippen molar-refractivity contribution in [3.05, 3.63) is 85.1 Å². The van der Waals surface area contributed by atoms with Crippen LogP contribution in [0.4, 0.5) is 43.4 Å². The summed E-state index contributed by atoms with van der Waals surface area (Å²) in [6.07, 6.45) is -5.48. The molecule has 1 aliphatic carbocycles. The van der Waals surface area contributed by atoms with Gasteiger partial charge in [-0.05, 0) is 42.0 Å². The summed E-state index contributed by atoms with van der Waals surface area (Å²) in [6.45, 7) is 0. The first-order valence-corrected chi connectivity index (χ1v) is 13.6. The van der Waals surface area contributed by atoms with E-state index in [1.54, 1.807) is 0 Å². The molecule has 3 N–H and O–H groups in total. The highest BCUT2D eigenvalue weighted by molar-refractivity contribution is 6.54. The SMILES string of the molecule is O=C(Nc1ccc(F)c(NC(=O)C(F)(F)F)c1F)c1cc(NC(=O)[C@H]2[C@H](c3cc(Cl)c(Cl)c(Cl)c3)C2(Cl)Cl)cc(F)c1Cl. The fourth-order valence-electron chi connectivity index (χ4n) is 4.01. The van der Waals surface area contributed by atoms with Crippen LogP contribution in [0.2, 0.25) is 20.1 Å². The van der Waals surface area contributed by atoms with Crippen molar-refractivity contribution in [3.8, 4) is 0 Å². The van der Waals surface area contributed by atoms with E-state index < -0.39 is 79.5 Å². The lowest BCUT2D eigenvalue weighted by atomic mass is 10.1. The van der Waals surface area contributed by atoms with Crippen LogP contribution in [0.25, 0.3) is 0 Å². The number of anilines is 3. The van der Waals surface area contributed by atoms with E-state index in [0.29, 0.717) is 17.7 Å². The lowest BCUT2D eigenvalue weighted by Gasteiger charge is -2.14. The Bertz CT molecular complexity index is 1660. The first-order chi connectivity index (χ1) is 19.8. The fraction of sp³-hybridized carbons (Fsp3) is 0.160. The van der Waals surface area contributed by atoms with Gasteiger partial charge in [0.15, 0.2) is 5.82 Å². The smallest absolute Gasteiger partial charge is 0.326 e. The van der Waals surface area contributed by atoms with Crippen LogP contribution >= 0.6 is 69.6 Å². The molecule has 228 valence electrons. The summed E-state index contributed by atoms with van der Waals surface area (Å²) in [5.74, 6) is -11.3. The third kappa shape index (κ3) is 6.74. The van der Waals surface area contributed by atoms with Crippen LogP contribution in [0.5, 0.6) is 0 Å². The second-order valence-electron chi connectivity index (χ2n) is 8.93. The van der Waals surface area contributed by atoms with Gasteiger partial charge in [0.1, 0.15) is 21.7 Å². The number of hydrogen-bond donors (Lipinski definition) is 3. The summed E-state index contributed by atoms with van der Waals surface area (Å²) in [5.41, 5.74) is -3.03. The number of benzene rings is 3. The highest BCUT2D eigenvalue weighted by atomic mass is 35.5. The Kier molecular flexibility index (Phi) is 9.33. The van der Waals surface area contributed by atoms with Gasteiger partial charge in [-0.1, -0.05) is 46.4 Å². The molecule has 0 unspecified atom stereocenters. The fourth-order valence-corrected chi connectivity index (χ4v) is 5.64. The van der Waals surface area contributed by atoms with Gasteiger partial charge in [0.05, 0.1) is 37.3 Å². The van der Waals surface area contributed by atoms with Gasteiger partial charge in [-0.2, -0.15) is 13.2 Å². The normalized spacial score (nSPS) is 17.3. The second kappa shape index (κ2) is 12.1. The minimum absolute atomic E-state index is 0.0636. The van der Waals surface area contributed by atoms with Crippen molar-refractivity contribution in [1.82, 2.24) is 0 Å². The average molecular weight is 728 g/mol. The molecule has 18 heteroatoms. The Balaban J connectivity index is 1.56. The molecule has 0 bridgehead atoms. The number of alkyl halides is 5. The van der Waals surface area contributed by atoms with Crippen LogP contribution in [0.1, 0.15) is 21.8 Å². The molecule has 43 heavy (non-hydrogen) atoms. The summed E-state index contributed by atoms with van der Waals surface area (Å²) in [5, 5.41) is 4.67. The Morgan fingerprint density at radius 1 is 0.791 bits per heavy atom. The molecule has 0 spiro atoms. The number of nitrogens with one attached hydrogen (secondary N) is 3. The largest absolute Gasteiger partial charge is 0.471 e. The quantitative estimate of drug-likeness (QED) is 0.135. The van der Waals surface area contributed by atoms with E-state index in [-0.39, 0.29) is 20.8 Å². The Morgan fingerprint density at radius 3 is 1.98 bits per heavy atom. The Hall–Kier alpha value is -2.61. The van der Waals surface area contributed by atoms with Crippen LogP contribution in [0.3, 0.4) is 0 Å². The minimum atomic E-state index is -5.48. The Labute approximate surface area is 267 Å². The molecular weight excluding hydrogens is 717 g/mol. The van der Waals surface area contributed by atoms with E-state index in [4.69, 9.17) is 69.6 Å². The van der Waals surface area contributed by atoms with Crippen LogP contribution in [0.15, 0.2) is 36.4 Å². The van der Waals surface area contributed by atoms with E-state index in [2.05, 4.69) is 5.32 Å². The van der Waals surface area contributed by atoms with Crippen molar-refractivity contribution in [1.29, 1.82) is 0 Å². The second-order valence-corrected chi connectivity index (χ2v) is 11.9. The molecule has 2 atom stereocenters. The Morgan fingerprint density at radius 2 is 1.40 bits per heavy atom. The van der Waals surface area contributed by atoms with E-state index in [1.165, 1.54) is 12.1 Å². The highest BCUT2D eigenvalue weighted by Crippen LogP contribution is 2.65. The van der Waals surface area contributed by atoms with E-state index in [0.717, 1.165) is 17.4 Å².